The van der Waals surface area contributed by atoms with Crippen molar-refractivity contribution in [1.29, 1.82) is 0 Å². The normalized spacial score (nSPS) is 26.0. The Morgan fingerprint density at radius 3 is 2.77 bits per heavy atom. The van der Waals surface area contributed by atoms with Crippen LogP contribution in [-0.2, 0) is 16.1 Å². The first-order valence-electron chi connectivity index (χ1n) is 7.78. The van der Waals surface area contributed by atoms with Crippen LogP contribution in [0.3, 0.4) is 0 Å². The zero-order valence-corrected chi connectivity index (χ0v) is 13.0. The van der Waals surface area contributed by atoms with Crippen molar-refractivity contribution in [3.63, 3.8) is 0 Å². The quantitative estimate of drug-likeness (QED) is 0.918. The lowest BCUT2D eigenvalue weighted by molar-refractivity contribution is -0.126. The number of fused-ring (bicyclic) bond motifs is 2. The number of carbonyl (C=O) groups excluding carboxylic acids is 2. The molecular weight excluding hydrogens is 280 g/mol. The smallest absolute Gasteiger partial charge is 0.253 e. The summed E-state index contributed by atoms with van der Waals surface area (Å²) in [5, 5.41) is 2.98. The maximum Gasteiger partial charge on any atom is 0.253 e. The van der Waals surface area contributed by atoms with Crippen LogP contribution >= 0.6 is 0 Å². The van der Waals surface area contributed by atoms with Crippen LogP contribution in [0.4, 0.5) is 0 Å². The Morgan fingerprint density at radius 1 is 1.32 bits per heavy atom. The number of ether oxygens (including phenoxy) is 1. The van der Waals surface area contributed by atoms with Gasteiger partial charge >= 0.3 is 0 Å². The predicted octanol–water partition coefficient (Wildman–Crippen LogP) is 1.57. The standard InChI is InChI=1S/C17H22N2O3/c1-19(2)17(21)12-5-3-4-11(8-12)10-18-16(20)14-9-13-6-7-15(14)22-13/h3-5,8,13-15H,6-7,9-10H2,1-2H3,(H,18,20). The number of hydrogen-bond acceptors (Lipinski definition) is 3. The Bertz CT molecular complexity index is 585. The molecule has 5 heteroatoms. The number of nitrogens with zero attached hydrogens (tertiary/aromatic N) is 1. The van der Waals surface area contributed by atoms with Crippen LogP contribution in [0.5, 0.6) is 0 Å². The van der Waals surface area contributed by atoms with Gasteiger partial charge in [-0.15, -0.1) is 0 Å². The molecule has 3 rings (SSSR count). The molecule has 0 aliphatic carbocycles. The van der Waals surface area contributed by atoms with Gasteiger partial charge in [0.1, 0.15) is 0 Å². The van der Waals surface area contributed by atoms with E-state index in [0.29, 0.717) is 12.1 Å². The number of carbonyl (C=O) groups is 2. The van der Waals surface area contributed by atoms with Crippen molar-refractivity contribution in [2.24, 2.45) is 5.92 Å². The molecule has 1 aromatic rings. The molecule has 22 heavy (non-hydrogen) atoms. The van der Waals surface area contributed by atoms with Crippen LogP contribution in [0.1, 0.15) is 35.2 Å². The average molecular weight is 302 g/mol. The van der Waals surface area contributed by atoms with Crippen LogP contribution in [-0.4, -0.2) is 43.0 Å². The number of rotatable bonds is 4. The van der Waals surface area contributed by atoms with Crippen molar-refractivity contribution in [3.05, 3.63) is 35.4 Å². The van der Waals surface area contributed by atoms with Crippen molar-refractivity contribution in [1.82, 2.24) is 10.2 Å². The van der Waals surface area contributed by atoms with Gasteiger partial charge in [0.05, 0.1) is 18.1 Å². The van der Waals surface area contributed by atoms with Gasteiger partial charge in [-0.2, -0.15) is 0 Å². The fourth-order valence-electron chi connectivity index (χ4n) is 3.31. The third-order valence-corrected chi connectivity index (χ3v) is 4.49. The molecule has 2 heterocycles. The summed E-state index contributed by atoms with van der Waals surface area (Å²) in [6.45, 7) is 0.446. The van der Waals surface area contributed by atoms with Crippen LogP contribution in [0.15, 0.2) is 24.3 Å². The third kappa shape index (κ3) is 2.99. The Balaban J connectivity index is 1.58. The zero-order chi connectivity index (χ0) is 15.7. The fraction of sp³-hybridized carbons (Fsp3) is 0.529. The third-order valence-electron chi connectivity index (χ3n) is 4.49. The Kier molecular flexibility index (Phi) is 4.16. The van der Waals surface area contributed by atoms with Gasteiger partial charge < -0.3 is 15.0 Å². The van der Waals surface area contributed by atoms with Gasteiger partial charge in [-0.05, 0) is 37.0 Å². The number of benzene rings is 1. The van der Waals surface area contributed by atoms with Crippen LogP contribution < -0.4 is 5.32 Å². The highest BCUT2D eigenvalue weighted by Crippen LogP contribution is 2.38. The van der Waals surface area contributed by atoms with Crippen molar-refractivity contribution >= 4 is 11.8 Å². The summed E-state index contributed by atoms with van der Waals surface area (Å²) in [4.78, 5) is 25.8. The summed E-state index contributed by atoms with van der Waals surface area (Å²) in [5.74, 6) is 0.0246. The van der Waals surface area contributed by atoms with E-state index in [1.54, 1.807) is 25.1 Å². The molecule has 2 aliphatic rings. The van der Waals surface area contributed by atoms with Gasteiger partial charge in [-0.1, -0.05) is 12.1 Å². The second-order valence-corrected chi connectivity index (χ2v) is 6.33. The molecular formula is C17H22N2O3. The lowest BCUT2D eigenvalue weighted by atomic mass is 9.88. The maximum absolute atomic E-state index is 12.3. The zero-order valence-electron chi connectivity index (χ0n) is 13.0. The molecule has 118 valence electrons. The first kappa shape index (κ1) is 15.0. The van der Waals surface area contributed by atoms with E-state index in [0.717, 1.165) is 24.8 Å². The lowest BCUT2D eigenvalue weighted by Crippen LogP contribution is -2.35. The van der Waals surface area contributed by atoms with Crippen molar-refractivity contribution in [3.8, 4) is 0 Å². The summed E-state index contributed by atoms with van der Waals surface area (Å²) in [6.07, 6.45) is 3.31. The van der Waals surface area contributed by atoms with Crippen molar-refractivity contribution in [2.45, 2.75) is 38.0 Å². The number of hydrogen-bond donors (Lipinski definition) is 1. The van der Waals surface area contributed by atoms with Gasteiger partial charge in [0.15, 0.2) is 0 Å². The molecule has 2 bridgehead atoms. The Morgan fingerprint density at radius 2 is 2.14 bits per heavy atom. The highest BCUT2D eigenvalue weighted by atomic mass is 16.5. The maximum atomic E-state index is 12.3. The van der Waals surface area contributed by atoms with E-state index in [-0.39, 0.29) is 29.9 Å². The van der Waals surface area contributed by atoms with Crippen LogP contribution in [0.2, 0.25) is 0 Å². The predicted molar refractivity (Wildman–Crippen MR) is 82.3 cm³/mol. The minimum Gasteiger partial charge on any atom is -0.374 e. The summed E-state index contributed by atoms with van der Waals surface area (Å²) < 4.78 is 5.72. The lowest BCUT2D eigenvalue weighted by Gasteiger charge is -2.18. The Labute approximate surface area is 130 Å². The summed E-state index contributed by atoms with van der Waals surface area (Å²) >= 11 is 0. The van der Waals surface area contributed by atoms with E-state index in [1.807, 2.05) is 18.2 Å². The van der Waals surface area contributed by atoms with Gasteiger partial charge in [-0.25, -0.2) is 0 Å². The molecule has 3 atom stereocenters. The highest BCUT2D eigenvalue weighted by Gasteiger charge is 2.44. The average Bonchev–Trinajstić information content (AvgIpc) is 3.15. The SMILES string of the molecule is CN(C)C(=O)c1cccc(CNC(=O)C2CC3CCC2O3)c1. The minimum absolute atomic E-state index is 0.00894. The van der Waals surface area contributed by atoms with Gasteiger partial charge in [0.2, 0.25) is 5.91 Å². The molecule has 1 aromatic carbocycles. The summed E-state index contributed by atoms with van der Waals surface area (Å²) in [5.41, 5.74) is 1.57. The van der Waals surface area contributed by atoms with E-state index in [9.17, 15) is 9.59 Å². The van der Waals surface area contributed by atoms with Gasteiger partial charge in [0.25, 0.3) is 5.91 Å². The highest BCUT2D eigenvalue weighted by molar-refractivity contribution is 5.94. The first-order chi connectivity index (χ1) is 10.5. The van der Waals surface area contributed by atoms with E-state index in [4.69, 9.17) is 4.74 Å². The number of nitrogens with one attached hydrogen (secondary N) is 1. The molecule has 0 spiro atoms. The molecule has 2 fully saturated rings. The van der Waals surface area contributed by atoms with Gasteiger partial charge in [0, 0.05) is 26.2 Å². The molecule has 3 unspecified atom stereocenters. The van der Waals surface area contributed by atoms with E-state index in [1.165, 1.54) is 0 Å². The molecule has 0 saturated carbocycles. The summed E-state index contributed by atoms with van der Waals surface area (Å²) in [7, 11) is 3.46. The molecule has 5 nitrogen and oxygen atoms in total. The van der Waals surface area contributed by atoms with E-state index in [2.05, 4.69) is 5.32 Å². The van der Waals surface area contributed by atoms with Crippen molar-refractivity contribution < 1.29 is 14.3 Å². The van der Waals surface area contributed by atoms with E-state index < -0.39 is 0 Å². The van der Waals surface area contributed by atoms with Gasteiger partial charge in [-0.3, -0.25) is 9.59 Å². The van der Waals surface area contributed by atoms with Crippen LogP contribution in [0.25, 0.3) is 0 Å². The summed E-state index contributed by atoms with van der Waals surface area (Å²) in [6, 6.07) is 7.39. The molecule has 2 amide bonds. The molecule has 1 N–H and O–H groups in total. The first-order valence-corrected chi connectivity index (χ1v) is 7.78. The van der Waals surface area contributed by atoms with Crippen LogP contribution in [0, 0.1) is 5.92 Å². The topological polar surface area (TPSA) is 58.6 Å². The Hall–Kier alpha value is -1.88. The van der Waals surface area contributed by atoms with Crippen molar-refractivity contribution in [2.75, 3.05) is 14.1 Å². The fourth-order valence-corrected chi connectivity index (χ4v) is 3.31. The second-order valence-electron chi connectivity index (χ2n) is 6.33. The monoisotopic (exact) mass is 302 g/mol. The second kappa shape index (κ2) is 6.08. The minimum atomic E-state index is -0.0327. The molecule has 0 aromatic heterocycles. The molecule has 0 radical (unpaired) electrons. The largest absolute Gasteiger partial charge is 0.374 e. The number of amides is 2. The molecule has 2 aliphatic heterocycles. The molecule has 2 saturated heterocycles. The van der Waals surface area contributed by atoms with E-state index >= 15 is 0 Å².